The number of hydrogen-bond donors (Lipinski definition) is 2. The first kappa shape index (κ1) is 44.9. The van der Waals surface area contributed by atoms with Crippen LogP contribution in [0.15, 0.2) is 0 Å². The van der Waals surface area contributed by atoms with Crippen LogP contribution in [-0.2, 0) is 26.7 Å². The Balaban J connectivity index is -0.000000688. The predicted octanol–water partition coefficient (Wildman–Crippen LogP) is 12.7. The van der Waals surface area contributed by atoms with Gasteiger partial charge in [-0.15, -0.1) is 0 Å². The van der Waals surface area contributed by atoms with Crippen LogP contribution in [0, 0.1) is 0 Å². The van der Waals surface area contributed by atoms with E-state index in [-0.39, 0.29) is 17.1 Å². The molecule has 248 valence electrons. The average Bonchev–Trinajstić information content (AvgIpc) is 2.93. The maximum atomic E-state index is 10.3. The molecule has 0 amide bonds. The van der Waals surface area contributed by atoms with Crippen LogP contribution in [0.2, 0.25) is 0 Å². The van der Waals surface area contributed by atoms with Crippen molar-refractivity contribution in [1.82, 2.24) is 0 Å². The molecule has 0 atom stereocenters. The summed E-state index contributed by atoms with van der Waals surface area (Å²) in [6.45, 7) is 4.54. The van der Waals surface area contributed by atoms with E-state index in [0.29, 0.717) is 12.8 Å². The molecule has 41 heavy (non-hydrogen) atoms. The minimum Gasteiger partial charge on any atom is -0.481 e. The molecule has 0 aliphatic carbocycles. The van der Waals surface area contributed by atoms with Crippen LogP contribution in [-0.4, -0.2) is 22.2 Å². The minimum absolute atomic E-state index is 0. The van der Waals surface area contributed by atoms with Gasteiger partial charge in [-0.25, -0.2) is 0 Å². The first-order chi connectivity index (χ1) is 19.5. The maximum Gasteiger partial charge on any atom is 0.303 e. The van der Waals surface area contributed by atoms with Crippen molar-refractivity contribution in [2.45, 2.75) is 219 Å². The molecule has 0 heterocycles. The van der Waals surface area contributed by atoms with Gasteiger partial charge in [0, 0.05) is 29.9 Å². The third kappa shape index (κ3) is 49.5. The molecule has 0 radical (unpaired) electrons. The zero-order valence-electron chi connectivity index (χ0n) is 27.7. The molecule has 0 saturated carbocycles. The third-order valence-electron chi connectivity index (χ3n) is 7.99. The summed E-state index contributed by atoms with van der Waals surface area (Å²) in [6, 6.07) is 0. The summed E-state index contributed by atoms with van der Waals surface area (Å²) in [5.41, 5.74) is 0. The molecule has 0 saturated heterocycles. The fourth-order valence-electron chi connectivity index (χ4n) is 5.30. The SMILES string of the molecule is CCCCCCCCCCCCCCCCCC(=O)O.CCCCCCCCCCCCCCCCCC(=O)O.[Fe]. The van der Waals surface area contributed by atoms with Gasteiger partial charge in [-0.2, -0.15) is 0 Å². The van der Waals surface area contributed by atoms with E-state index >= 15 is 0 Å². The Morgan fingerprint density at radius 3 is 0.610 bits per heavy atom. The molecule has 0 aliphatic heterocycles. The molecule has 0 bridgehead atoms. The number of hydrogen-bond acceptors (Lipinski definition) is 2. The zero-order valence-corrected chi connectivity index (χ0v) is 28.8. The van der Waals surface area contributed by atoms with E-state index in [0.717, 1.165) is 25.7 Å². The number of carboxylic acids is 2. The molecule has 0 aliphatic rings. The van der Waals surface area contributed by atoms with Gasteiger partial charge in [0.05, 0.1) is 0 Å². The van der Waals surface area contributed by atoms with Gasteiger partial charge in [0.25, 0.3) is 0 Å². The second-order valence-electron chi connectivity index (χ2n) is 12.2. The molecule has 0 aromatic carbocycles. The van der Waals surface area contributed by atoms with Crippen molar-refractivity contribution in [2.24, 2.45) is 0 Å². The predicted molar refractivity (Wildman–Crippen MR) is 174 cm³/mol. The molecular weight excluding hydrogens is 552 g/mol. The number of carbonyl (C=O) groups is 2. The number of rotatable bonds is 32. The van der Waals surface area contributed by atoms with E-state index in [1.54, 1.807) is 0 Å². The molecular formula is C36H72FeO4. The molecule has 0 rings (SSSR count). The number of unbranched alkanes of at least 4 members (excludes halogenated alkanes) is 28. The van der Waals surface area contributed by atoms with Crippen molar-refractivity contribution >= 4 is 11.9 Å². The van der Waals surface area contributed by atoms with Gasteiger partial charge >= 0.3 is 11.9 Å². The van der Waals surface area contributed by atoms with Gasteiger partial charge in [0.15, 0.2) is 0 Å². The number of carboxylic acid groups (broad SMARTS) is 2. The monoisotopic (exact) mass is 624 g/mol. The average molecular weight is 625 g/mol. The first-order valence-corrected chi connectivity index (χ1v) is 18.0. The Morgan fingerprint density at radius 1 is 0.317 bits per heavy atom. The van der Waals surface area contributed by atoms with E-state index in [9.17, 15) is 9.59 Å². The van der Waals surface area contributed by atoms with Crippen molar-refractivity contribution in [3.63, 3.8) is 0 Å². The molecule has 4 nitrogen and oxygen atoms in total. The van der Waals surface area contributed by atoms with Crippen LogP contribution < -0.4 is 0 Å². The Labute approximate surface area is 267 Å². The normalized spacial score (nSPS) is 10.6. The quantitative estimate of drug-likeness (QED) is 0.0577. The first-order valence-electron chi connectivity index (χ1n) is 18.0. The topological polar surface area (TPSA) is 74.6 Å². The molecule has 2 N–H and O–H groups in total. The molecule has 0 spiro atoms. The second-order valence-corrected chi connectivity index (χ2v) is 12.2. The summed E-state index contributed by atoms with van der Waals surface area (Å²) in [7, 11) is 0. The molecule has 5 heteroatoms. The smallest absolute Gasteiger partial charge is 0.303 e. The van der Waals surface area contributed by atoms with E-state index in [4.69, 9.17) is 10.2 Å². The van der Waals surface area contributed by atoms with Gasteiger partial charge in [-0.3, -0.25) is 9.59 Å². The van der Waals surface area contributed by atoms with Crippen LogP contribution >= 0.6 is 0 Å². The van der Waals surface area contributed by atoms with Crippen molar-refractivity contribution < 1.29 is 36.9 Å². The van der Waals surface area contributed by atoms with Gasteiger partial charge in [0.2, 0.25) is 0 Å². The van der Waals surface area contributed by atoms with Crippen LogP contribution in [0.3, 0.4) is 0 Å². The third-order valence-corrected chi connectivity index (χ3v) is 7.99. The van der Waals surface area contributed by atoms with Gasteiger partial charge in [0.1, 0.15) is 0 Å². The molecule has 0 aromatic heterocycles. The molecule has 0 unspecified atom stereocenters. The number of aliphatic carboxylic acids is 2. The Morgan fingerprint density at radius 2 is 0.463 bits per heavy atom. The maximum absolute atomic E-state index is 10.3. The van der Waals surface area contributed by atoms with Gasteiger partial charge in [-0.05, 0) is 12.8 Å². The Hall–Kier alpha value is -0.541. The van der Waals surface area contributed by atoms with E-state index in [2.05, 4.69) is 13.8 Å². The fourth-order valence-corrected chi connectivity index (χ4v) is 5.30. The van der Waals surface area contributed by atoms with E-state index in [1.165, 1.54) is 167 Å². The van der Waals surface area contributed by atoms with Crippen molar-refractivity contribution in [3.05, 3.63) is 0 Å². The van der Waals surface area contributed by atoms with E-state index in [1.807, 2.05) is 0 Å². The summed E-state index contributed by atoms with van der Waals surface area (Å²) < 4.78 is 0. The fraction of sp³-hybridized carbons (Fsp3) is 0.944. The standard InChI is InChI=1S/2C18H36O2.Fe/c2*1-2-3-4-5-6-7-8-9-10-11-12-13-14-15-16-17-18(19)20;/h2*2-17H2,1H3,(H,19,20);. The minimum atomic E-state index is -0.653. The zero-order chi connectivity index (χ0) is 29.8. The second kappa shape index (κ2) is 41.6. The largest absolute Gasteiger partial charge is 0.481 e. The summed E-state index contributed by atoms with van der Waals surface area (Å²) >= 11 is 0. The van der Waals surface area contributed by atoms with Crippen LogP contribution in [0.1, 0.15) is 219 Å². The van der Waals surface area contributed by atoms with E-state index < -0.39 is 11.9 Å². The summed E-state index contributed by atoms with van der Waals surface area (Å²) in [5, 5.41) is 17.0. The van der Waals surface area contributed by atoms with Crippen LogP contribution in [0.4, 0.5) is 0 Å². The molecule has 0 fully saturated rings. The van der Waals surface area contributed by atoms with Gasteiger partial charge in [-0.1, -0.05) is 194 Å². The summed E-state index contributed by atoms with van der Waals surface area (Å²) in [6.07, 6.45) is 40.4. The van der Waals surface area contributed by atoms with Crippen molar-refractivity contribution in [1.29, 1.82) is 0 Å². The van der Waals surface area contributed by atoms with Crippen LogP contribution in [0.5, 0.6) is 0 Å². The van der Waals surface area contributed by atoms with Gasteiger partial charge < -0.3 is 10.2 Å². The van der Waals surface area contributed by atoms with Crippen LogP contribution in [0.25, 0.3) is 0 Å². The summed E-state index contributed by atoms with van der Waals surface area (Å²) in [4.78, 5) is 20.7. The van der Waals surface area contributed by atoms with Crippen molar-refractivity contribution in [3.8, 4) is 0 Å². The Bertz CT molecular complexity index is 454. The Kier molecular flexibility index (Phi) is 45.5. The summed E-state index contributed by atoms with van der Waals surface area (Å²) in [5.74, 6) is -1.31. The molecule has 0 aromatic rings. The van der Waals surface area contributed by atoms with Crippen molar-refractivity contribution in [2.75, 3.05) is 0 Å².